The first-order chi connectivity index (χ1) is 12.3. The van der Waals surface area contributed by atoms with Crippen molar-refractivity contribution in [2.24, 2.45) is 0 Å². The Morgan fingerprint density at radius 3 is 2.38 bits per heavy atom. The SMILES string of the molecule is Cc1cc(C)cc(OCC2CNC(=O)O2)c1.O=C(O)c1ccccc1O. The summed E-state index contributed by atoms with van der Waals surface area (Å²) in [5, 5.41) is 19.9. The molecule has 0 radical (unpaired) electrons. The second kappa shape index (κ2) is 8.75. The molecular formula is C19H21NO6. The number of cyclic esters (lactones) is 1. The van der Waals surface area contributed by atoms with E-state index in [1.165, 1.54) is 12.1 Å². The lowest BCUT2D eigenvalue weighted by molar-refractivity contribution is 0.0693. The maximum atomic E-state index is 10.8. The van der Waals surface area contributed by atoms with Crippen LogP contribution in [0.5, 0.6) is 11.5 Å². The number of hydrogen-bond acceptors (Lipinski definition) is 5. The first-order valence-electron chi connectivity index (χ1n) is 8.02. The lowest BCUT2D eigenvalue weighted by Crippen LogP contribution is -2.21. The molecule has 1 fully saturated rings. The van der Waals surface area contributed by atoms with Crippen molar-refractivity contribution in [3.8, 4) is 11.5 Å². The van der Waals surface area contributed by atoms with Gasteiger partial charge < -0.3 is 25.0 Å². The summed E-state index contributed by atoms with van der Waals surface area (Å²) in [6.07, 6.45) is -0.553. The van der Waals surface area contributed by atoms with Gasteiger partial charge in [-0.25, -0.2) is 9.59 Å². The van der Waals surface area contributed by atoms with E-state index in [0.29, 0.717) is 13.2 Å². The van der Waals surface area contributed by atoms with Crippen molar-refractivity contribution in [2.75, 3.05) is 13.2 Å². The van der Waals surface area contributed by atoms with Crippen molar-refractivity contribution in [1.82, 2.24) is 5.32 Å². The van der Waals surface area contributed by atoms with Crippen LogP contribution >= 0.6 is 0 Å². The molecule has 0 aliphatic carbocycles. The van der Waals surface area contributed by atoms with Crippen LogP contribution in [-0.4, -0.2) is 41.5 Å². The molecule has 0 spiro atoms. The molecule has 138 valence electrons. The van der Waals surface area contributed by atoms with Crippen LogP contribution in [-0.2, 0) is 4.74 Å². The Morgan fingerprint density at radius 1 is 1.23 bits per heavy atom. The van der Waals surface area contributed by atoms with E-state index in [1.54, 1.807) is 12.1 Å². The second-order valence-electron chi connectivity index (χ2n) is 5.86. The number of aromatic hydroxyl groups is 1. The van der Waals surface area contributed by atoms with Crippen molar-refractivity contribution in [3.05, 3.63) is 59.2 Å². The van der Waals surface area contributed by atoms with E-state index < -0.39 is 5.97 Å². The maximum Gasteiger partial charge on any atom is 0.407 e. The molecule has 26 heavy (non-hydrogen) atoms. The Balaban J connectivity index is 0.000000209. The molecule has 1 amide bonds. The van der Waals surface area contributed by atoms with Gasteiger partial charge in [0.2, 0.25) is 0 Å². The molecular weight excluding hydrogens is 338 g/mol. The molecule has 2 aromatic carbocycles. The fourth-order valence-electron chi connectivity index (χ4n) is 2.38. The number of benzene rings is 2. The number of aromatic carboxylic acids is 1. The number of hydrogen-bond donors (Lipinski definition) is 3. The highest BCUT2D eigenvalue weighted by atomic mass is 16.6. The largest absolute Gasteiger partial charge is 0.507 e. The molecule has 1 aliphatic heterocycles. The number of alkyl carbamates (subject to hydrolysis) is 1. The third kappa shape index (κ3) is 5.70. The maximum absolute atomic E-state index is 10.8. The summed E-state index contributed by atoms with van der Waals surface area (Å²) in [7, 11) is 0. The third-order valence-corrected chi connectivity index (χ3v) is 3.51. The molecule has 3 N–H and O–H groups in total. The molecule has 1 aliphatic rings. The number of carboxylic acid groups (broad SMARTS) is 1. The van der Waals surface area contributed by atoms with Gasteiger partial charge in [-0.2, -0.15) is 0 Å². The number of carbonyl (C=O) groups excluding carboxylic acids is 1. The van der Waals surface area contributed by atoms with Crippen LogP contribution in [0.15, 0.2) is 42.5 Å². The zero-order valence-corrected chi connectivity index (χ0v) is 14.6. The van der Waals surface area contributed by atoms with Gasteiger partial charge in [0, 0.05) is 0 Å². The molecule has 3 rings (SSSR count). The quantitative estimate of drug-likeness (QED) is 0.775. The summed E-state index contributed by atoms with van der Waals surface area (Å²) >= 11 is 0. The molecule has 1 atom stereocenters. The predicted molar refractivity (Wildman–Crippen MR) is 94.7 cm³/mol. The van der Waals surface area contributed by atoms with Gasteiger partial charge in [-0.05, 0) is 49.2 Å². The standard InChI is InChI=1S/C12H15NO3.C7H6O3/c1-8-3-9(2)5-10(4-8)15-7-11-6-13-12(14)16-11;8-6-4-2-1-3-5(6)7(9)10/h3-5,11H,6-7H2,1-2H3,(H,13,14);1-4,8H,(H,9,10). The van der Waals surface area contributed by atoms with Crippen LogP contribution in [0.1, 0.15) is 21.5 Å². The summed E-state index contributed by atoms with van der Waals surface area (Å²) in [6, 6.07) is 11.8. The van der Waals surface area contributed by atoms with E-state index in [1.807, 2.05) is 26.0 Å². The van der Waals surface area contributed by atoms with E-state index >= 15 is 0 Å². The van der Waals surface area contributed by atoms with E-state index in [-0.39, 0.29) is 23.5 Å². The van der Waals surface area contributed by atoms with Crippen molar-refractivity contribution >= 4 is 12.1 Å². The van der Waals surface area contributed by atoms with Crippen LogP contribution in [0.3, 0.4) is 0 Å². The number of rotatable bonds is 4. The highest BCUT2D eigenvalue weighted by molar-refractivity contribution is 5.90. The molecule has 7 nitrogen and oxygen atoms in total. The minimum absolute atomic E-state index is 0.0671. The second-order valence-corrected chi connectivity index (χ2v) is 5.86. The lowest BCUT2D eigenvalue weighted by atomic mass is 10.1. The fraction of sp³-hybridized carbons (Fsp3) is 0.263. The zero-order valence-electron chi connectivity index (χ0n) is 14.6. The van der Waals surface area contributed by atoms with Crippen LogP contribution < -0.4 is 10.1 Å². The van der Waals surface area contributed by atoms with Gasteiger partial charge in [0.1, 0.15) is 23.7 Å². The van der Waals surface area contributed by atoms with Crippen molar-refractivity contribution < 1.29 is 29.3 Å². The van der Waals surface area contributed by atoms with Crippen molar-refractivity contribution in [3.63, 3.8) is 0 Å². The van der Waals surface area contributed by atoms with Crippen LogP contribution in [0.25, 0.3) is 0 Å². The Hall–Kier alpha value is -3.22. The monoisotopic (exact) mass is 359 g/mol. The topological polar surface area (TPSA) is 105 Å². The first kappa shape index (κ1) is 19.1. The molecule has 7 heteroatoms. The predicted octanol–water partition coefficient (Wildman–Crippen LogP) is 2.88. The average molecular weight is 359 g/mol. The minimum Gasteiger partial charge on any atom is -0.507 e. The number of para-hydroxylation sites is 1. The Bertz CT molecular complexity index is 769. The van der Waals surface area contributed by atoms with Crippen LogP contribution in [0.2, 0.25) is 0 Å². The van der Waals surface area contributed by atoms with E-state index in [4.69, 9.17) is 19.7 Å². The number of phenols is 1. The zero-order chi connectivity index (χ0) is 19.1. The number of ether oxygens (including phenoxy) is 2. The Labute approximate surface area is 151 Å². The molecule has 0 aromatic heterocycles. The van der Waals surface area contributed by atoms with Crippen molar-refractivity contribution in [2.45, 2.75) is 20.0 Å². The summed E-state index contributed by atoms with van der Waals surface area (Å²) in [5.41, 5.74) is 2.26. The molecule has 0 saturated carbocycles. The van der Waals surface area contributed by atoms with E-state index in [0.717, 1.165) is 16.9 Å². The molecule has 0 bridgehead atoms. The summed E-state index contributed by atoms with van der Waals surface area (Å²) in [5.74, 6) is -0.492. The summed E-state index contributed by atoms with van der Waals surface area (Å²) in [6.45, 7) is 4.96. The molecule has 1 unspecified atom stereocenters. The number of amides is 1. The summed E-state index contributed by atoms with van der Waals surface area (Å²) < 4.78 is 10.6. The third-order valence-electron chi connectivity index (χ3n) is 3.51. The Kier molecular flexibility index (Phi) is 6.43. The minimum atomic E-state index is -1.11. The van der Waals surface area contributed by atoms with Gasteiger partial charge in [-0.15, -0.1) is 0 Å². The number of carboxylic acids is 1. The van der Waals surface area contributed by atoms with Gasteiger partial charge in [0.15, 0.2) is 6.10 Å². The Morgan fingerprint density at radius 2 is 1.88 bits per heavy atom. The molecule has 1 saturated heterocycles. The van der Waals surface area contributed by atoms with E-state index in [2.05, 4.69) is 11.4 Å². The average Bonchev–Trinajstić information content (AvgIpc) is 2.98. The molecule has 2 aromatic rings. The van der Waals surface area contributed by atoms with Gasteiger partial charge in [-0.3, -0.25) is 0 Å². The highest BCUT2D eigenvalue weighted by Crippen LogP contribution is 2.17. The van der Waals surface area contributed by atoms with E-state index in [9.17, 15) is 9.59 Å². The van der Waals surface area contributed by atoms with Crippen molar-refractivity contribution in [1.29, 1.82) is 0 Å². The van der Waals surface area contributed by atoms with Crippen LogP contribution in [0, 0.1) is 13.8 Å². The van der Waals surface area contributed by atoms with Gasteiger partial charge in [-0.1, -0.05) is 18.2 Å². The fourth-order valence-corrected chi connectivity index (χ4v) is 2.38. The molecule has 1 heterocycles. The highest BCUT2D eigenvalue weighted by Gasteiger charge is 2.22. The normalized spacial score (nSPS) is 15.3. The number of aryl methyl sites for hydroxylation is 2. The van der Waals surface area contributed by atoms with Gasteiger partial charge >= 0.3 is 12.1 Å². The first-order valence-corrected chi connectivity index (χ1v) is 8.02. The lowest BCUT2D eigenvalue weighted by Gasteiger charge is -2.11. The number of carbonyl (C=O) groups is 2. The smallest absolute Gasteiger partial charge is 0.407 e. The van der Waals surface area contributed by atoms with Gasteiger partial charge in [0.25, 0.3) is 0 Å². The number of nitrogens with one attached hydrogen (secondary N) is 1. The summed E-state index contributed by atoms with van der Waals surface area (Å²) in [4.78, 5) is 21.0. The van der Waals surface area contributed by atoms with Gasteiger partial charge in [0.05, 0.1) is 6.54 Å². The van der Waals surface area contributed by atoms with Crippen LogP contribution in [0.4, 0.5) is 4.79 Å².